The molecule has 1 aliphatic heterocycles. The van der Waals surface area contributed by atoms with Gasteiger partial charge < -0.3 is 15.4 Å². The summed E-state index contributed by atoms with van der Waals surface area (Å²) in [5.74, 6) is 0.282. The lowest BCUT2D eigenvalue weighted by Gasteiger charge is -2.36. The second-order valence-corrected chi connectivity index (χ2v) is 4.40. The van der Waals surface area contributed by atoms with Gasteiger partial charge in [0.05, 0.1) is 18.8 Å². The van der Waals surface area contributed by atoms with Gasteiger partial charge >= 0.3 is 0 Å². The van der Waals surface area contributed by atoms with Crippen LogP contribution in [0.4, 0.5) is 5.82 Å². The molecule has 2 N–H and O–H groups in total. The Kier molecular flexibility index (Phi) is 3.28. The normalized spacial score (nSPS) is 24.7. The van der Waals surface area contributed by atoms with Gasteiger partial charge in [-0.2, -0.15) is 0 Å². The van der Waals surface area contributed by atoms with Crippen molar-refractivity contribution < 1.29 is 9.53 Å². The Labute approximate surface area is 101 Å². The van der Waals surface area contributed by atoms with Crippen molar-refractivity contribution in [2.24, 2.45) is 0 Å². The number of hydrogen-bond donors (Lipinski definition) is 1. The van der Waals surface area contributed by atoms with Gasteiger partial charge in [-0.3, -0.25) is 4.79 Å². The Morgan fingerprint density at radius 3 is 3.00 bits per heavy atom. The molecule has 2 atom stereocenters. The summed E-state index contributed by atoms with van der Waals surface area (Å²) in [6.45, 7) is 5.08. The third-order valence-corrected chi connectivity index (χ3v) is 2.86. The Morgan fingerprint density at radius 2 is 2.29 bits per heavy atom. The number of aromatic nitrogens is 1. The quantitative estimate of drug-likeness (QED) is 0.785. The van der Waals surface area contributed by atoms with Crippen LogP contribution < -0.4 is 5.73 Å². The van der Waals surface area contributed by atoms with E-state index in [-0.39, 0.29) is 18.1 Å². The Bertz CT molecular complexity index is 422. The fourth-order valence-electron chi connectivity index (χ4n) is 1.90. The Morgan fingerprint density at radius 1 is 1.53 bits per heavy atom. The molecule has 1 aliphatic rings. The number of morpholine rings is 1. The predicted molar refractivity (Wildman–Crippen MR) is 64.6 cm³/mol. The van der Waals surface area contributed by atoms with Crippen molar-refractivity contribution in [2.75, 3.05) is 18.9 Å². The largest absolute Gasteiger partial charge is 0.384 e. The smallest absolute Gasteiger partial charge is 0.272 e. The Hall–Kier alpha value is -1.62. The van der Waals surface area contributed by atoms with Gasteiger partial charge in [0, 0.05) is 6.54 Å². The van der Waals surface area contributed by atoms with Gasteiger partial charge in [0.1, 0.15) is 11.5 Å². The summed E-state index contributed by atoms with van der Waals surface area (Å²) >= 11 is 0. The summed E-state index contributed by atoms with van der Waals surface area (Å²) in [5.41, 5.74) is 5.98. The van der Waals surface area contributed by atoms with Gasteiger partial charge in [-0.1, -0.05) is 6.07 Å². The average molecular weight is 235 g/mol. The van der Waals surface area contributed by atoms with Crippen molar-refractivity contribution in [3.8, 4) is 0 Å². The average Bonchev–Trinajstić information content (AvgIpc) is 2.31. The molecular formula is C12H17N3O2. The van der Waals surface area contributed by atoms with Crippen LogP contribution in [0.2, 0.25) is 0 Å². The molecule has 2 heterocycles. The van der Waals surface area contributed by atoms with Gasteiger partial charge in [-0.25, -0.2) is 4.98 Å². The standard InChI is InChI=1S/C12H17N3O2/c1-8-7-17-9(2)6-15(8)12(16)10-4-3-5-11(13)14-10/h3-5,8-9H,6-7H2,1-2H3,(H2,13,14)/t8-,9-/m1/s1. The fourth-order valence-corrected chi connectivity index (χ4v) is 1.90. The lowest BCUT2D eigenvalue weighted by molar-refractivity contribution is -0.0388. The zero-order valence-electron chi connectivity index (χ0n) is 10.1. The summed E-state index contributed by atoms with van der Waals surface area (Å²) in [6.07, 6.45) is 0.0659. The van der Waals surface area contributed by atoms with E-state index in [1.54, 1.807) is 23.1 Å². The van der Waals surface area contributed by atoms with E-state index in [1.807, 2.05) is 13.8 Å². The molecule has 5 heteroatoms. The van der Waals surface area contributed by atoms with Crippen LogP contribution in [0.15, 0.2) is 18.2 Å². The summed E-state index contributed by atoms with van der Waals surface area (Å²) in [6, 6.07) is 5.17. The highest BCUT2D eigenvalue weighted by molar-refractivity contribution is 5.92. The topological polar surface area (TPSA) is 68.5 Å². The lowest BCUT2D eigenvalue weighted by atomic mass is 10.2. The molecule has 1 amide bonds. The second kappa shape index (κ2) is 4.71. The minimum absolute atomic E-state index is 0.0659. The summed E-state index contributed by atoms with van der Waals surface area (Å²) in [7, 11) is 0. The number of anilines is 1. The number of carbonyl (C=O) groups is 1. The third-order valence-electron chi connectivity index (χ3n) is 2.86. The van der Waals surface area contributed by atoms with Crippen LogP contribution in [0, 0.1) is 0 Å². The number of amides is 1. The molecule has 0 spiro atoms. The number of nitrogens with two attached hydrogens (primary N) is 1. The molecule has 1 aromatic rings. The van der Waals surface area contributed by atoms with Crippen LogP contribution in [0.1, 0.15) is 24.3 Å². The number of ether oxygens (including phenoxy) is 1. The fraction of sp³-hybridized carbons (Fsp3) is 0.500. The maximum absolute atomic E-state index is 12.3. The zero-order chi connectivity index (χ0) is 12.4. The number of carbonyl (C=O) groups excluding carboxylic acids is 1. The molecule has 92 valence electrons. The maximum atomic E-state index is 12.3. The van der Waals surface area contributed by atoms with E-state index >= 15 is 0 Å². The molecule has 17 heavy (non-hydrogen) atoms. The number of rotatable bonds is 1. The number of pyridine rings is 1. The maximum Gasteiger partial charge on any atom is 0.272 e. The number of nitrogens with zero attached hydrogens (tertiary/aromatic N) is 2. The van der Waals surface area contributed by atoms with Crippen molar-refractivity contribution >= 4 is 11.7 Å². The van der Waals surface area contributed by atoms with Crippen molar-refractivity contribution in [3.05, 3.63) is 23.9 Å². The van der Waals surface area contributed by atoms with Gasteiger partial charge in [0.2, 0.25) is 0 Å². The second-order valence-electron chi connectivity index (χ2n) is 4.40. The first-order valence-electron chi connectivity index (χ1n) is 5.73. The summed E-state index contributed by atoms with van der Waals surface area (Å²) < 4.78 is 5.49. The van der Waals surface area contributed by atoms with Crippen molar-refractivity contribution in [3.63, 3.8) is 0 Å². The van der Waals surface area contributed by atoms with Crippen LogP contribution in [0.3, 0.4) is 0 Å². The predicted octanol–water partition coefficient (Wildman–Crippen LogP) is 0.913. The highest BCUT2D eigenvalue weighted by atomic mass is 16.5. The summed E-state index contributed by atoms with van der Waals surface area (Å²) in [4.78, 5) is 18.1. The van der Waals surface area contributed by atoms with Gasteiger partial charge in [-0.15, -0.1) is 0 Å². The van der Waals surface area contributed by atoms with Crippen molar-refractivity contribution in [1.29, 1.82) is 0 Å². The van der Waals surface area contributed by atoms with E-state index in [0.29, 0.717) is 24.7 Å². The molecule has 2 rings (SSSR count). The van der Waals surface area contributed by atoms with Crippen LogP contribution in [-0.2, 0) is 4.74 Å². The molecular weight excluding hydrogens is 218 g/mol. The number of nitrogen functional groups attached to an aromatic ring is 1. The van der Waals surface area contributed by atoms with E-state index < -0.39 is 0 Å². The van der Waals surface area contributed by atoms with Crippen LogP contribution in [0.5, 0.6) is 0 Å². The van der Waals surface area contributed by atoms with Gasteiger partial charge in [0.15, 0.2) is 0 Å². The van der Waals surface area contributed by atoms with E-state index in [0.717, 1.165) is 0 Å². The minimum atomic E-state index is -0.0834. The SMILES string of the molecule is C[C@@H]1CN(C(=O)c2cccc(N)n2)[C@H](C)CO1. The minimum Gasteiger partial charge on any atom is -0.384 e. The monoisotopic (exact) mass is 235 g/mol. The van der Waals surface area contributed by atoms with E-state index in [4.69, 9.17) is 10.5 Å². The molecule has 1 saturated heterocycles. The zero-order valence-corrected chi connectivity index (χ0v) is 10.1. The molecule has 1 aromatic heterocycles. The van der Waals surface area contributed by atoms with Crippen molar-refractivity contribution in [2.45, 2.75) is 26.0 Å². The first-order chi connectivity index (χ1) is 8.08. The van der Waals surface area contributed by atoms with Gasteiger partial charge in [-0.05, 0) is 26.0 Å². The third kappa shape index (κ3) is 2.55. The Balaban J connectivity index is 2.18. The molecule has 0 unspecified atom stereocenters. The molecule has 0 saturated carbocycles. The van der Waals surface area contributed by atoms with E-state index in [1.165, 1.54) is 0 Å². The molecule has 5 nitrogen and oxygen atoms in total. The van der Waals surface area contributed by atoms with Crippen molar-refractivity contribution in [1.82, 2.24) is 9.88 Å². The van der Waals surface area contributed by atoms with E-state index in [2.05, 4.69) is 4.98 Å². The van der Waals surface area contributed by atoms with Crippen LogP contribution in [0.25, 0.3) is 0 Å². The van der Waals surface area contributed by atoms with Crippen LogP contribution >= 0.6 is 0 Å². The molecule has 0 radical (unpaired) electrons. The number of hydrogen-bond acceptors (Lipinski definition) is 4. The van der Waals surface area contributed by atoms with Gasteiger partial charge in [0.25, 0.3) is 5.91 Å². The molecule has 0 bridgehead atoms. The highest BCUT2D eigenvalue weighted by Crippen LogP contribution is 2.15. The van der Waals surface area contributed by atoms with E-state index in [9.17, 15) is 4.79 Å². The highest BCUT2D eigenvalue weighted by Gasteiger charge is 2.28. The van der Waals surface area contributed by atoms with Crippen LogP contribution in [-0.4, -0.2) is 41.1 Å². The molecule has 1 fully saturated rings. The molecule has 0 aromatic carbocycles. The first kappa shape index (κ1) is 11.9. The lowest BCUT2D eigenvalue weighted by Crippen LogP contribution is -2.50. The summed E-state index contributed by atoms with van der Waals surface area (Å²) in [5, 5.41) is 0. The molecule has 0 aliphatic carbocycles. The first-order valence-corrected chi connectivity index (χ1v) is 5.73.